The number of alkyl carbamates (subject to hydrolysis) is 1. The first-order valence-corrected chi connectivity index (χ1v) is 5.97. The van der Waals surface area contributed by atoms with Gasteiger partial charge in [-0.1, -0.05) is 0 Å². The lowest BCUT2D eigenvalue weighted by Crippen LogP contribution is -2.36. The van der Waals surface area contributed by atoms with Crippen LogP contribution in [0.1, 0.15) is 41.0 Å². The maximum absolute atomic E-state index is 11.3. The highest BCUT2D eigenvalue weighted by atomic mass is 16.6. The number of carboxylic acid groups (broad SMARTS) is 1. The van der Waals surface area contributed by atoms with Crippen molar-refractivity contribution in [3.05, 3.63) is 0 Å². The van der Waals surface area contributed by atoms with Crippen molar-refractivity contribution in [3.63, 3.8) is 0 Å². The number of carbonyl (C=O) groups excluding carboxylic acids is 1. The third-order valence-corrected chi connectivity index (χ3v) is 1.79. The largest absolute Gasteiger partial charge is 0.479 e. The first-order valence-electron chi connectivity index (χ1n) is 5.97. The molecule has 0 aromatic heterocycles. The first kappa shape index (κ1) is 16.7. The van der Waals surface area contributed by atoms with Gasteiger partial charge in [0.25, 0.3) is 0 Å². The van der Waals surface area contributed by atoms with Crippen molar-refractivity contribution in [2.45, 2.75) is 58.8 Å². The summed E-state index contributed by atoms with van der Waals surface area (Å²) in [6, 6.07) is 0. The molecule has 0 rings (SSSR count). The minimum Gasteiger partial charge on any atom is -0.479 e. The highest BCUT2D eigenvalue weighted by molar-refractivity contribution is 5.72. The Kier molecular flexibility index (Phi) is 6.68. The molecule has 6 nitrogen and oxygen atoms in total. The van der Waals surface area contributed by atoms with Crippen LogP contribution in [0.2, 0.25) is 0 Å². The van der Waals surface area contributed by atoms with Crippen molar-refractivity contribution in [2.75, 3.05) is 6.54 Å². The molecule has 0 heterocycles. The summed E-state index contributed by atoms with van der Waals surface area (Å²) < 4.78 is 10.2. The molecule has 2 N–H and O–H groups in total. The van der Waals surface area contributed by atoms with Gasteiger partial charge in [-0.2, -0.15) is 0 Å². The van der Waals surface area contributed by atoms with Crippen molar-refractivity contribution >= 4 is 12.1 Å². The Morgan fingerprint density at radius 1 is 1.28 bits per heavy atom. The quantitative estimate of drug-likeness (QED) is 0.761. The fraction of sp³-hybridized carbons (Fsp3) is 0.833. The zero-order valence-corrected chi connectivity index (χ0v) is 11.6. The molecule has 6 heteroatoms. The summed E-state index contributed by atoms with van der Waals surface area (Å²) in [7, 11) is 0. The van der Waals surface area contributed by atoms with E-state index in [2.05, 4.69) is 5.32 Å². The minimum absolute atomic E-state index is 0.173. The number of rotatable bonds is 6. The number of aliphatic carboxylic acids is 1. The lowest BCUT2D eigenvalue weighted by molar-refractivity contribution is -0.153. The Morgan fingerprint density at radius 3 is 2.22 bits per heavy atom. The molecule has 0 aliphatic carbocycles. The summed E-state index contributed by atoms with van der Waals surface area (Å²) in [6.45, 7) is 8.99. The number of amides is 1. The van der Waals surface area contributed by atoms with E-state index in [4.69, 9.17) is 14.6 Å². The van der Waals surface area contributed by atoms with Crippen molar-refractivity contribution in [2.24, 2.45) is 0 Å². The fourth-order valence-corrected chi connectivity index (χ4v) is 1.20. The molecule has 0 aliphatic rings. The van der Waals surface area contributed by atoms with Gasteiger partial charge in [-0.15, -0.1) is 0 Å². The Bertz CT molecular complexity index is 283. The number of carboxylic acids is 1. The number of hydrogen-bond acceptors (Lipinski definition) is 4. The van der Waals surface area contributed by atoms with Gasteiger partial charge in [-0.25, -0.2) is 9.59 Å². The van der Waals surface area contributed by atoms with Crippen molar-refractivity contribution < 1.29 is 24.2 Å². The Balaban J connectivity index is 4.00. The van der Waals surface area contributed by atoms with Gasteiger partial charge < -0.3 is 19.9 Å². The topological polar surface area (TPSA) is 84.9 Å². The van der Waals surface area contributed by atoms with Gasteiger partial charge in [0.1, 0.15) is 5.60 Å². The maximum atomic E-state index is 11.3. The van der Waals surface area contributed by atoms with E-state index in [1.807, 2.05) is 0 Å². The van der Waals surface area contributed by atoms with Crippen LogP contribution < -0.4 is 5.32 Å². The van der Waals surface area contributed by atoms with E-state index in [-0.39, 0.29) is 19.1 Å². The highest BCUT2D eigenvalue weighted by Crippen LogP contribution is 2.07. The SMILES string of the molecule is CC(C)O[C@@H](CCNC(=O)OC(C)(C)C)C(=O)O. The average molecular weight is 261 g/mol. The lowest BCUT2D eigenvalue weighted by atomic mass is 10.2. The van der Waals surface area contributed by atoms with Gasteiger partial charge in [0.2, 0.25) is 0 Å². The summed E-state index contributed by atoms with van der Waals surface area (Å²) in [6.07, 6.45) is -1.45. The average Bonchev–Trinajstić information content (AvgIpc) is 2.12. The molecular weight excluding hydrogens is 238 g/mol. The summed E-state index contributed by atoms with van der Waals surface area (Å²) in [5, 5.41) is 11.4. The second kappa shape index (κ2) is 7.20. The van der Waals surface area contributed by atoms with Crippen LogP contribution in [0.5, 0.6) is 0 Å². The first-order chi connectivity index (χ1) is 8.11. The van der Waals surface area contributed by atoms with Gasteiger partial charge in [0, 0.05) is 13.0 Å². The van der Waals surface area contributed by atoms with E-state index in [0.717, 1.165) is 0 Å². The summed E-state index contributed by atoms with van der Waals surface area (Å²) in [4.78, 5) is 22.2. The molecule has 0 unspecified atom stereocenters. The van der Waals surface area contributed by atoms with Crippen LogP contribution in [0.3, 0.4) is 0 Å². The van der Waals surface area contributed by atoms with Gasteiger partial charge >= 0.3 is 12.1 Å². The summed E-state index contributed by atoms with van der Waals surface area (Å²) in [5.74, 6) is -1.03. The molecule has 0 aromatic rings. The van der Waals surface area contributed by atoms with Crippen LogP contribution >= 0.6 is 0 Å². The summed E-state index contributed by atoms with van der Waals surface area (Å²) >= 11 is 0. The molecule has 0 radical (unpaired) electrons. The Morgan fingerprint density at radius 2 is 1.83 bits per heavy atom. The molecule has 18 heavy (non-hydrogen) atoms. The summed E-state index contributed by atoms with van der Waals surface area (Å²) in [5.41, 5.74) is -0.565. The van der Waals surface area contributed by atoms with Crippen LogP contribution in [0.4, 0.5) is 4.79 Å². The van der Waals surface area contributed by atoms with Gasteiger partial charge in [0.15, 0.2) is 6.10 Å². The Labute approximate surface area is 108 Å². The predicted molar refractivity (Wildman–Crippen MR) is 66.5 cm³/mol. The molecule has 0 saturated heterocycles. The molecule has 0 spiro atoms. The second-order valence-corrected chi connectivity index (χ2v) is 5.23. The van der Waals surface area contributed by atoms with Crippen LogP contribution in [0.15, 0.2) is 0 Å². The molecule has 0 bridgehead atoms. The zero-order valence-electron chi connectivity index (χ0n) is 11.6. The van der Waals surface area contributed by atoms with E-state index in [1.165, 1.54) is 0 Å². The van der Waals surface area contributed by atoms with Gasteiger partial charge in [0.05, 0.1) is 6.10 Å². The molecule has 1 amide bonds. The molecule has 0 fully saturated rings. The van der Waals surface area contributed by atoms with E-state index < -0.39 is 23.8 Å². The number of carbonyl (C=O) groups is 2. The second-order valence-electron chi connectivity index (χ2n) is 5.23. The number of ether oxygens (including phenoxy) is 2. The minimum atomic E-state index is -1.03. The Hall–Kier alpha value is -1.30. The standard InChI is InChI=1S/C12H23NO5/c1-8(2)17-9(10(14)15)6-7-13-11(16)18-12(3,4)5/h8-9H,6-7H2,1-5H3,(H,13,16)(H,14,15)/t9-/m0/s1. The van der Waals surface area contributed by atoms with Crippen LogP contribution in [-0.4, -0.2) is 41.5 Å². The zero-order chi connectivity index (χ0) is 14.3. The van der Waals surface area contributed by atoms with Crippen LogP contribution in [0.25, 0.3) is 0 Å². The van der Waals surface area contributed by atoms with Crippen LogP contribution in [0, 0.1) is 0 Å². The molecule has 0 saturated carbocycles. The third kappa shape index (κ3) is 8.81. The predicted octanol–water partition coefficient (Wildman–Crippen LogP) is 1.78. The van der Waals surface area contributed by atoms with Gasteiger partial charge in [-0.05, 0) is 34.6 Å². The van der Waals surface area contributed by atoms with E-state index in [1.54, 1.807) is 34.6 Å². The molecule has 1 atom stereocenters. The number of hydrogen-bond donors (Lipinski definition) is 2. The van der Waals surface area contributed by atoms with Crippen molar-refractivity contribution in [1.29, 1.82) is 0 Å². The van der Waals surface area contributed by atoms with Gasteiger partial charge in [-0.3, -0.25) is 0 Å². The van der Waals surface area contributed by atoms with E-state index in [0.29, 0.717) is 0 Å². The smallest absolute Gasteiger partial charge is 0.407 e. The fourth-order valence-electron chi connectivity index (χ4n) is 1.20. The molecular formula is C12H23NO5. The number of nitrogens with one attached hydrogen (secondary N) is 1. The lowest BCUT2D eigenvalue weighted by Gasteiger charge is -2.20. The third-order valence-electron chi connectivity index (χ3n) is 1.79. The van der Waals surface area contributed by atoms with Crippen molar-refractivity contribution in [3.8, 4) is 0 Å². The monoisotopic (exact) mass is 261 g/mol. The van der Waals surface area contributed by atoms with E-state index >= 15 is 0 Å². The van der Waals surface area contributed by atoms with Crippen LogP contribution in [-0.2, 0) is 14.3 Å². The highest BCUT2D eigenvalue weighted by Gasteiger charge is 2.20. The molecule has 0 aromatic carbocycles. The normalized spacial score (nSPS) is 13.2. The van der Waals surface area contributed by atoms with E-state index in [9.17, 15) is 9.59 Å². The molecule has 106 valence electrons. The maximum Gasteiger partial charge on any atom is 0.407 e. The molecule has 0 aliphatic heterocycles. The van der Waals surface area contributed by atoms with Crippen molar-refractivity contribution in [1.82, 2.24) is 5.32 Å².